The van der Waals surface area contributed by atoms with Crippen molar-refractivity contribution in [1.29, 1.82) is 0 Å². The third-order valence-corrected chi connectivity index (χ3v) is 5.63. The van der Waals surface area contributed by atoms with Crippen LogP contribution in [0.3, 0.4) is 0 Å². The monoisotopic (exact) mass is 440 g/mol. The van der Waals surface area contributed by atoms with Crippen LogP contribution in [0.15, 0.2) is 42.5 Å². The van der Waals surface area contributed by atoms with Crippen LogP contribution in [0, 0.1) is 20.2 Å². The molecule has 0 unspecified atom stereocenters. The van der Waals surface area contributed by atoms with E-state index in [1.807, 2.05) is 6.07 Å². The van der Waals surface area contributed by atoms with Crippen LogP contribution in [-0.2, 0) is 0 Å². The number of likely N-dealkylation sites (N-methyl/N-ethyl adjacent to an activating group) is 1. The fourth-order valence-corrected chi connectivity index (χ4v) is 4.20. The predicted octanol–water partition coefficient (Wildman–Crippen LogP) is 3.78. The fourth-order valence-electron chi connectivity index (χ4n) is 4.20. The first-order valence-corrected chi connectivity index (χ1v) is 8.89. The minimum Gasteiger partial charge on any atom is -0.303 e. The normalized spacial score (nSPS) is 21.1. The molecule has 0 radical (unpaired) electrons. The molecule has 0 bridgehead atoms. The van der Waals surface area contributed by atoms with Crippen molar-refractivity contribution in [3.8, 4) is 0 Å². The largest absolute Gasteiger partial charge is 0.303 e. The van der Waals surface area contributed by atoms with Crippen molar-refractivity contribution in [1.82, 2.24) is 9.80 Å². The van der Waals surface area contributed by atoms with Crippen molar-refractivity contribution in [3.05, 3.63) is 79.4 Å². The average Bonchev–Trinajstić information content (AvgIpc) is 2.67. The Kier molecular flexibility index (Phi) is 7.18. The molecule has 0 spiro atoms. The Morgan fingerprint density at radius 1 is 0.862 bits per heavy atom. The van der Waals surface area contributed by atoms with Crippen LogP contribution in [0.25, 0.3) is 0 Å². The van der Waals surface area contributed by atoms with E-state index in [1.54, 1.807) is 24.3 Å². The number of hydrogen-bond donors (Lipinski definition) is 0. The van der Waals surface area contributed by atoms with Crippen molar-refractivity contribution in [2.24, 2.45) is 0 Å². The van der Waals surface area contributed by atoms with Gasteiger partial charge in [-0.3, -0.25) is 25.1 Å². The Morgan fingerprint density at radius 2 is 1.48 bits per heavy atom. The summed E-state index contributed by atoms with van der Waals surface area (Å²) in [7, 11) is 2.07. The van der Waals surface area contributed by atoms with E-state index in [2.05, 4.69) is 16.8 Å². The van der Waals surface area contributed by atoms with E-state index in [0.717, 1.165) is 42.9 Å². The molecule has 0 aromatic heterocycles. The lowest BCUT2D eigenvalue weighted by Gasteiger charge is -2.46. The van der Waals surface area contributed by atoms with E-state index in [-0.39, 0.29) is 53.1 Å². The molecular weight excluding hydrogens is 419 g/mol. The summed E-state index contributed by atoms with van der Waals surface area (Å²) >= 11 is 0. The first-order valence-electron chi connectivity index (χ1n) is 8.89. The molecule has 4 rings (SSSR count). The topological polar surface area (TPSA) is 92.8 Å². The number of halogens is 2. The summed E-state index contributed by atoms with van der Waals surface area (Å²) in [6.07, 6.45) is 0. The maximum absolute atomic E-state index is 11.3. The van der Waals surface area contributed by atoms with Gasteiger partial charge in [0.1, 0.15) is 0 Å². The number of fused-ring (bicyclic) bond motifs is 3. The quantitative estimate of drug-likeness (QED) is 0.532. The van der Waals surface area contributed by atoms with Crippen LogP contribution >= 0.6 is 24.8 Å². The molecule has 2 atom stereocenters. The lowest BCUT2D eigenvalue weighted by atomic mass is 9.80. The second-order valence-electron chi connectivity index (χ2n) is 7.24. The van der Waals surface area contributed by atoms with Crippen molar-refractivity contribution < 1.29 is 9.85 Å². The van der Waals surface area contributed by atoms with Gasteiger partial charge >= 0.3 is 0 Å². The minimum atomic E-state index is -0.404. The molecule has 2 heterocycles. The summed E-state index contributed by atoms with van der Waals surface area (Å²) in [5.74, 6) is 0.0428. The lowest BCUT2D eigenvalue weighted by molar-refractivity contribution is -0.385. The molecule has 0 N–H and O–H groups in total. The molecule has 156 valence electrons. The van der Waals surface area contributed by atoms with Crippen molar-refractivity contribution in [2.45, 2.75) is 12.0 Å². The number of non-ortho nitro benzene ring substituents is 2. The van der Waals surface area contributed by atoms with Crippen molar-refractivity contribution >= 4 is 36.2 Å². The molecule has 2 aromatic rings. The maximum atomic E-state index is 11.3. The first-order chi connectivity index (χ1) is 12.9. The Morgan fingerprint density at radius 3 is 2.10 bits per heavy atom. The summed E-state index contributed by atoms with van der Waals surface area (Å²) in [5.41, 5.74) is 3.23. The molecule has 10 heteroatoms. The van der Waals surface area contributed by atoms with E-state index in [9.17, 15) is 20.2 Å². The fraction of sp³-hybridized carbons (Fsp3) is 0.368. The van der Waals surface area contributed by atoms with E-state index in [4.69, 9.17) is 0 Å². The van der Waals surface area contributed by atoms with Gasteiger partial charge in [0.2, 0.25) is 0 Å². The average molecular weight is 441 g/mol. The number of hydrogen-bond acceptors (Lipinski definition) is 6. The number of piperazine rings is 1. The van der Waals surface area contributed by atoms with Gasteiger partial charge in [0.05, 0.1) is 9.85 Å². The number of nitro benzene ring substituents is 2. The third-order valence-electron chi connectivity index (χ3n) is 5.63. The SMILES string of the molecule is CN1CCN2C[C@H](c3ccc([N+](=O)[O-])cc3)c3ccc([N+](=O)[O-])cc3[C@H]2C1.Cl.Cl. The molecule has 0 aliphatic carbocycles. The highest BCUT2D eigenvalue weighted by molar-refractivity contribution is 5.85. The van der Waals surface area contributed by atoms with Gasteiger partial charge in [-0.15, -0.1) is 24.8 Å². The highest BCUT2D eigenvalue weighted by Gasteiger charge is 2.37. The zero-order chi connectivity index (χ0) is 19.1. The van der Waals surface area contributed by atoms with Gasteiger partial charge in [0.25, 0.3) is 11.4 Å². The van der Waals surface area contributed by atoms with E-state index in [0.29, 0.717) is 0 Å². The smallest absolute Gasteiger partial charge is 0.269 e. The van der Waals surface area contributed by atoms with Gasteiger partial charge in [0, 0.05) is 62.4 Å². The highest BCUT2D eigenvalue weighted by Crippen LogP contribution is 2.42. The van der Waals surface area contributed by atoms with E-state index >= 15 is 0 Å². The lowest BCUT2D eigenvalue weighted by Crippen LogP contribution is -2.50. The molecule has 0 saturated carbocycles. The predicted molar refractivity (Wildman–Crippen MR) is 114 cm³/mol. The molecule has 2 aliphatic rings. The molecule has 8 nitrogen and oxygen atoms in total. The van der Waals surface area contributed by atoms with Gasteiger partial charge in [-0.25, -0.2) is 0 Å². The maximum Gasteiger partial charge on any atom is 0.269 e. The van der Waals surface area contributed by atoms with Crippen LogP contribution in [-0.4, -0.2) is 52.9 Å². The van der Waals surface area contributed by atoms with E-state index in [1.165, 1.54) is 12.1 Å². The van der Waals surface area contributed by atoms with Gasteiger partial charge in [0.15, 0.2) is 0 Å². The molecule has 29 heavy (non-hydrogen) atoms. The molecular formula is C19H22Cl2N4O4. The summed E-state index contributed by atoms with van der Waals surface area (Å²) < 4.78 is 0. The van der Waals surface area contributed by atoms with E-state index < -0.39 is 4.92 Å². The van der Waals surface area contributed by atoms with Gasteiger partial charge in [-0.1, -0.05) is 18.2 Å². The Labute approximate surface area is 180 Å². The van der Waals surface area contributed by atoms with Gasteiger partial charge < -0.3 is 4.90 Å². The molecule has 1 fully saturated rings. The van der Waals surface area contributed by atoms with Crippen LogP contribution in [0.1, 0.15) is 28.7 Å². The first kappa shape index (κ1) is 23.0. The summed E-state index contributed by atoms with van der Waals surface area (Å²) in [6.45, 7) is 3.49. The van der Waals surface area contributed by atoms with Crippen LogP contribution < -0.4 is 0 Å². The summed E-state index contributed by atoms with van der Waals surface area (Å²) in [5, 5.41) is 22.2. The molecule has 2 aliphatic heterocycles. The number of nitrogens with zero attached hydrogens (tertiary/aromatic N) is 4. The number of nitro groups is 2. The third kappa shape index (κ3) is 4.35. The van der Waals surface area contributed by atoms with Gasteiger partial charge in [-0.2, -0.15) is 0 Å². The second kappa shape index (κ2) is 9.04. The zero-order valence-corrected chi connectivity index (χ0v) is 17.4. The van der Waals surface area contributed by atoms with Crippen LogP contribution in [0.5, 0.6) is 0 Å². The Balaban J connectivity index is 0.00000150. The van der Waals surface area contributed by atoms with Crippen LogP contribution in [0.4, 0.5) is 11.4 Å². The van der Waals surface area contributed by atoms with Crippen LogP contribution in [0.2, 0.25) is 0 Å². The minimum absolute atomic E-state index is 0. The Hall–Kier alpha value is -2.26. The van der Waals surface area contributed by atoms with Crippen molar-refractivity contribution in [3.63, 3.8) is 0 Å². The molecule has 1 saturated heterocycles. The summed E-state index contributed by atoms with van der Waals surface area (Å²) in [6, 6.07) is 11.9. The number of benzene rings is 2. The summed E-state index contributed by atoms with van der Waals surface area (Å²) in [4.78, 5) is 26.1. The number of rotatable bonds is 3. The Bertz CT molecular complexity index is 910. The second-order valence-corrected chi connectivity index (χ2v) is 7.24. The zero-order valence-electron chi connectivity index (χ0n) is 15.8. The molecule has 0 amide bonds. The van der Waals surface area contributed by atoms with Crippen molar-refractivity contribution in [2.75, 3.05) is 33.2 Å². The standard InChI is InChI=1S/C19H20N4O4.2ClH/c1-20-8-9-21-11-18(13-2-4-14(5-3-13)22(24)25)16-7-6-15(23(26)27)10-17(16)19(21)12-20;;/h2-7,10,18-19H,8-9,11-12H2,1H3;2*1H/t18-,19-;;/m1../s1. The highest BCUT2D eigenvalue weighted by atomic mass is 35.5. The van der Waals surface area contributed by atoms with Gasteiger partial charge in [-0.05, 0) is 23.7 Å². The molecule has 2 aromatic carbocycles.